The number of amides is 1. The lowest BCUT2D eigenvalue weighted by molar-refractivity contribution is -0.116. The third-order valence-electron chi connectivity index (χ3n) is 3.55. The highest BCUT2D eigenvalue weighted by atomic mass is 16.3. The minimum Gasteiger partial charge on any atom is -0.465 e. The van der Waals surface area contributed by atoms with Crippen molar-refractivity contribution in [2.24, 2.45) is 0 Å². The highest BCUT2D eigenvalue weighted by Gasteiger charge is 2.06. The summed E-state index contributed by atoms with van der Waals surface area (Å²) in [7, 11) is 0. The molecule has 0 bridgehead atoms. The summed E-state index contributed by atoms with van der Waals surface area (Å²) >= 11 is 0. The van der Waals surface area contributed by atoms with Crippen molar-refractivity contribution >= 4 is 17.8 Å². The number of nitrogens with zero attached hydrogens (tertiary/aromatic N) is 4. The van der Waals surface area contributed by atoms with Gasteiger partial charge in [0.2, 0.25) is 5.91 Å². The van der Waals surface area contributed by atoms with Gasteiger partial charge in [-0.25, -0.2) is 14.6 Å². The van der Waals surface area contributed by atoms with Gasteiger partial charge in [0, 0.05) is 30.9 Å². The van der Waals surface area contributed by atoms with Gasteiger partial charge in [-0.15, -0.1) is 0 Å². The Bertz CT molecular complexity index is 898. The zero-order valence-corrected chi connectivity index (χ0v) is 14.6. The number of aryl methyl sites for hydroxylation is 2. The molecule has 0 atom stereocenters. The number of carbonyl (C=O) groups excluding carboxylic acids is 1. The molecule has 1 amide bonds. The van der Waals surface area contributed by atoms with E-state index in [4.69, 9.17) is 4.42 Å². The normalized spacial score (nSPS) is 11.0. The lowest BCUT2D eigenvalue weighted by atomic mass is 10.4. The number of hydrogen-bond acceptors (Lipinski definition) is 6. The van der Waals surface area contributed by atoms with Crippen LogP contribution in [-0.4, -0.2) is 38.7 Å². The Kier molecular flexibility index (Phi) is 5.43. The molecule has 3 heterocycles. The predicted octanol–water partition coefficient (Wildman–Crippen LogP) is 2.11. The maximum atomic E-state index is 11.7. The second-order valence-electron chi connectivity index (χ2n) is 5.67. The van der Waals surface area contributed by atoms with Gasteiger partial charge in [0.05, 0.1) is 12.0 Å². The Balaban J connectivity index is 1.48. The molecule has 0 unspecified atom stereocenters. The summed E-state index contributed by atoms with van der Waals surface area (Å²) in [5.41, 5.74) is 1.93. The van der Waals surface area contributed by atoms with E-state index in [0.29, 0.717) is 30.5 Å². The van der Waals surface area contributed by atoms with E-state index in [1.165, 1.54) is 12.4 Å². The molecule has 2 N–H and O–H groups in total. The lowest BCUT2D eigenvalue weighted by Gasteiger charge is -2.08. The van der Waals surface area contributed by atoms with E-state index in [9.17, 15) is 4.79 Å². The van der Waals surface area contributed by atoms with Crippen LogP contribution in [0.1, 0.15) is 17.1 Å². The molecule has 3 aromatic heterocycles. The van der Waals surface area contributed by atoms with Gasteiger partial charge in [-0.3, -0.25) is 4.79 Å². The third kappa shape index (κ3) is 4.56. The molecular formula is C18H20N6O2. The molecule has 8 nitrogen and oxygen atoms in total. The van der Waals surface area contributed by atoms with Crippen molar-refractivity contribution in [3.63, 3.8) is 0 Å². The molecule has 0 saturated carbocycles. The topological polar surface area (TPSA) is 97.9 Å². The molecule has 26 heavy (non-hydrogen) atoms. The minimum atomic E-state index is -0.186. The largest absolute Gasteiger partial charge is 0.465 e. The van der Waals surface area contributed by atoms with E-state index in [2.05, 4.69) is 25.7 Å². The van der Waals surface area contributed by atoms with E-state index in [1.54, 1.807) is 29.2 Å². The second-order valence-corrected chi connectivity index (χ2v) is 5.67. The summed E-state index contributed by atoms with van der Waals surface area (Å²) in [4.78, 5) is 20.2. The number of rotatable bonds is 7. The minimum absolute atomic E-state index is 0.186. The first-order valence-corrected chi connectivity index (χ1v) is 8.21. The number of aromatic nitrogens is 4. The third-order valence-corrected chi connectivity index (χ3v) is 3.55. The zero-order valence-electron chi connectivity index (χ0n) is 14.6. The molecule has 0 aliphatic carbocycles. The monoisotopic (exact) mass is 352 g/mol. The molecule has 0 spiro atoms. The van der Waals surface area contributed by atoms with Crippen LogP contribution in [0.3, 0.4) is 0 Å². The zero-order chi connectivity index (χ0) is 18.4. The van der Waals surface area contributed by atoms with Gasteiger partial charge in [-0.1, -0.05) is 0 Å². The van der Waals surface area contributed by atoms with Crippen molar-refractivity contribution in [2.75, 3.05) is 18.4 Å². The average molecular weight is 352 g/mol. The summed E-state index contributed by atoms with van der Waals surface area (Å²) in [6.07, 6.45) is 6.10. The smallest absolute Gasteiger partial charge is 0.244 e. The highest BCUT2D eigenvalue weighted by Crippen LogP contribution is 2.12. The standard InChI is InChI=1S/C18H20N6O2/c1-13-10-14(2)24(23-13)17-11-16(21-12-22-17)19-7-8-20-18(25)6-5-15-4-3-9-26-15/h3-6,9-12H,7-8H2,1-2H3,(H,20,25)(H,19,21,22)/b6-5+. The van der Waals surface area contributed by atoms with E-state index in [1.807, 2.05) is 26.0 Å². The summed E-state index contributed by atoms with van der Waals surface area (Å²) in [5, 5.41) is 10.3. The van der Waals surface area contributed by atoms with Gasteiger partial charge >= 0.3 is 0 Å². The van der Waals surface area contributed by atoms with Crippen LogP contribution in [0.2, 0.25) is 0 Å². The van der Waals surface area contributed by atoms with E-state index in [0.717, 1.165) is 11.4 Å². The Morgan fingerprint density at radius 3 is 2.88 bits per heavy atom. The summed E-state index contributed by atoms with van der Waals surface area (Å²) in [6, 6.07) is 7.35. The van der Waals surface area contributed by atoms with E-state index < -0.39 is 0 Å². The molecule has 0 saturated heterocycles. The van der Waals surface area contributed by atoms with Gasteiger partial charge in [0.25, 0.3) is 0 Å². The lowest BCUT2D eigenvalue weighted by Crippen LogP contribution is -2.27. The van der Waals surface area contributed by atoms with Crippen molar-refractivity contribution in [3.05, 3.63) is 60.1 Å². The number of anilines is 1. The highest BCUT2D eigenvalue weighted by molar-refractivity contribution is 5.91. The number of nitrogens with one attached hydrogen (secondary N) is 2. The molecule has 0 fully saturated rings. The first kappa shape index (κ1) is 17.4. The van der Waals surface area contributed by atoms with Crippen LogP contribution >= 0.6 is 0 Å². The Labute approximate surface area is 151 Å². The van der Waals surface area contributed by atoms with Gasteiger partial charge in [-0.05, 0) is 38.1 Å². The Morgan fingerprint density at radius 1 is 1.27 bits per heavy atom. The quantitative estimate of drug-likeness (QED) is 0.499. The SMILES string of the molecule is Cc1cc(C)n(-c2cc(NCCNC(=O)/C=C/c3ccco3)ncn2)n1. The van der Waals surface area contributed by atoms with Crippen LogP contribution in [-0.2, 0) is 4.79 Å². The average Bonchev–Trinajstić information content (AvgIpc) is 3.26. The molecule has 0 aliphatic heterocycles. The summed E-state index contributed by atoms with van der Waals surface area (Å²) in [6.45, 7) is 4.91. The molecular weight excluding hydrogens is 332 g/mol. The van der Waals surface area contributed by atoms with Gasteiger partial charge in [0.15, 0.2) is 5.82 Å². The summed E-state index contributed by atoms with van der Waals surface area (Å²) in [5.74, 6) is 1.81. The Morgan fingerprint density at radius 2 is 2.15 bits per heavy atom. The van der Waals surface area contributed by atoms with Crippen molar-refractivity contribution in [1.82, 2.24) is 25.1 Å². The fourth-order valence-electron chi connectivity index (χ4n) is 2.40. The van der Waals surface area contributed by atoms with Crippen LogP contribution in [0, 0.1) is 13.8 Å². The fraction of sp³-hybridized carbons (Fsp3) is 0.222. The first-order chi connectivity index (χ1) is 12.6. The maximum Gasteiger partial charge on any atom is 0.244 e. The first-order valence-electron chi connectivity index (χ1n) is 8.21. The molecule has 3 rings (SSSR count). The van der Waals surface area contributed by atoms with Crippen molar-refractivity contribution < 1.29 is 9.21 Å². The van der Waals surface area contributed by atoms with Crippen LogP contribution in [0.4, 0.5) is 5.82 Å². The van der Waals surface area contributed by atoms with Crippen LogP contribution in [0.5, 0.6) is 0 Å². The van der Waals surface area contributed by atoms with Gasteiger partial charge < -0.3 is 15.1 Å². The maximum absolute atomic E-state index is 11.7. The van der Waals surface area contributed by atoms with Crippen LogP contribution in [0.25, 0.3) is 11.9 Å². The van der Waals surface area contributed by atoms with E-state index >= 15 is 0 Å². The van der Waals surface area contributed by atoms with Crippen LogP contribution in [0.15, 0.2) is 47.3 Å². The molecule has 0 radical (unpaired) electrons. The van der Waals surface area contributed by atoms with Crippen molar-refractivity contribution in [3.8, 4) is 5.82 Å². The Hall–Kier alpha value is -3.42. The fourth-order valence-corrected chi connectivity index (χ4v) is 2.40. The van der Waals surface area contributed by atoms with Crippen molar-refractivity contribution in [2.45, 2.75) is 13.8 Å². The van der Waals surface area contributed by atoms with Crippen LogP contribution < -0.4 is 10.6 Å². The molecule has 3 aromatic rings. The molecule has 0 aromatic carbocycles. The molecule has 8 heteroatoms. The van der Waals surface area contributed by atoms with Gasteiger partial charge in [0.1, 0.15) is 17.9 Å². The number of hydrogen-bond donors (Lipinski definition) is 2. The molecule has 134 valence electrons. The number of carbonyl (C=O) groups is 1. The second kappa shape index (κ2) is 8.11. The number of furan rings is 1. The van der Waals surface area contributed by atoms with E-state index in [-0.39, 0.29) is 5.91 Å². The van der Waals surface area contributed by atoms with Crippen molar-refractivity contribution in [1.29, 1.82) is 0 Å². The predicted molar refractivity (Wildman–Crippen MR) is 97.9 cm³/mol. The summed E-state index contributed by atoms with van der Waals surface area (Å²) < 4.78 is 6.89. The van der Waals surface area contributed by atoms with Gasteiger partial charge in [-0.2, -0.15) is 5.10 Å². The molecule has 0 aliphatic rings.